The lowest BCUT2D eigenvalue weighted by atomic mass is 10.1. The Morgan fingerprint density at radius 2 is 2.04 bits per heavy atom. The van der Waals surface area contributed by atoms with Crippen molar-refractivity contribution in [2.75, 3.05) is 30.4 Å². The number of thiophene rings is 1. The second-order valence-electron chi connectivity index (χ2n) is 5.13. The van der Waals surface area contributed by atoms with Crippen molar-refractivity contribution in [1.82, 2.24) is 0 Å². The molecule has 2 N–H and O–H groups in total. The van der Waals surface area contributed by atoms with E-state index in [9.17, 15) is 19.5 Å². The molecule has 0 unspecified atom stereocenters. The zero-order chi connectivity index (χ0) is 18.4. The summed E-state index contributed by atoms with van der Waals surface area (Å²) in [5.74, 6) is -1.91. The minimum Gasteiger partial charge on any atom is -0.478 e. The molecule has 1 amide bonds. The Hall–Kier alpha value is -2.87. The molecule has 0 saturated carbocycles. The Kier molecular flexibility index (Phi) is 6.13. The molecule has 7 nitrogen and oxygen atoms in total. The lowest BCUT2D eigenvalue weighted by Crippen LogP contribution is -2.28. The highest BCUT2D eigenvalue weighted by atomic mass is 32.1. The summed E-state index contributed by atoms with van der Waals surface area (Å²) in [4.78, 5) is 37.2. The van der Waals surface area contributed by atoms with Crippen LogP contribution in [0.2, 0.25) is 0 Å². The molecular weight excluding hydrogens is 344 g/mol. The number of carbonyl (C=O) groups excluding carboxylic acids is 2. The van der Waals surface area contributed by atoms with Gasteiger partial charge in [-0.3, -0.25) is 9.59 Å². The van der Waals surface area contributed by atoms with Crippen molar-refractivity contribution in [3.05, 3.63) is 46.2 Å². The number of amides is 1. The molecule has 0 radical (unpaired) electrons. The van der Waals surface area contributed by atoms with Gasteiger partial charge in [-0.2, -0.15) is 0 Å². The first-order valence-electron chi connectivity index (χ1n) is 7.51. The minimum atomic E-state index is -1.15. The van der Waals surface area contributed by atoms with Crippen LogP contribution in [0, 0.1) is 0 Å². The third-order valence-electron chi connectivity index (χ3n) is 3.31. The Balaban J connectivity index is 2.21. The molecule has 1 aromatic carbocycles. The van der Waals surface area contributed by atoms with Crippen LogP contribution < -0.4 is 10.2 Å². The van der Waals surface area contributed by atoms with Crippen LogP contribution in [0.3, 0.4) is 0 Å². The van der Waals surface area contributed by atoms with Crippen LogP contribution in [0.25, 0.3) is 0 Å². The van der Waals surface area contributed by atoms with Crippen LogP contribution in [0.5, 0.6) is 0 Å². The summed E-state index contributed by atoms with van der Waals surface area (Å²) in [6.45, 7) is 1.88. The van der Waals surface area contributed by atoms with Gasteiger partial charge in [-0.15, -0.1) is 11.3 Å². The Morgan fingerprint density at radius 3 is 2.64 bits per heavy atom. The minimum absolute atomic E-state index is 0.0178. The van der Waals surface area contributed by atoms with Gasteiger partial charge in [-0.25, -0.2) is 4.79 Å². The van der Waals surface area contributed by atoms with E-state index in [0.717, 1.165) is 0 Å². The molecule has 0 atom stereocenters. The van der Waals surface area contributed by atoms with E-state index in [0.29, 0.717) is 16.3 Å². The van der Waals surface area contributed by atoms with Gasteiger partial charge < -0.3 is 20.1 Å². The number of nitrogens with zero attached hydrogens (tertiary/aromatic N) is 1. The fourth-order valence-corrected chi connectivity index (χ4v) is 2.82. The maximum absolute atomic E-state index is 12.1. The van der Waals surface area contributed by atoms with Crippen LogP contribution >= 0.6 is 11.3 Å². The number of likely N-dealkylation sites (N-methyl/N-ethyl adjacent to an activating group) is 1. The summed E-state index contributed by atoms with van der Waals surface area (Å²) in [6.07, 6.45) is 0. The van der Waals surface area contributed by atoms with Crippen molar-refractivity contribution in [3.63, 3.8) is 0 Å². The normalized spacial score (nSPS) is 10.2. The second kappa shape index (κ2) is 8.29. The van der Waals surface area contributed by atoms with Crippen LogP contribution in [-0.4, -0.2) is 43.2 Å². The smallest absolute Gasteiger partial charge is 0.337 e. The number of esters is 1. The van der Waals surface area contributed by atoms with Crippen molar-refractivity contribution in [3.8, 4) is 0 Å². The fraction of sp³-hybridized carbons (Fsp3) is 0.235. The van der Waals surface area contributed by atoms with Gasteiger partial charge in [0.2, 0.25) is 0 Å². The van der Waals surface area contributed by atoms with Gasteiger partial charge in [0, 0.05) is 12.7 Å². The molecule has 1 aromatic heterocycles. The highest BCUT2D eigenvalue weighted by molar-refractivity contribution is 7.12. The number of anilines is 2. The summed E-state index contributed by atoms with van der Waals surface area (Å²) in [5.41, 5.74) is 0.703. The van der Waals surface area contributed by atoms with Crippen molar-refractivity contribution >= 4 is 40.6 Å². The molecule has 0 saturated heterocycles. The van der Waals surface area contributed by atoms with Gasteiger partial charge in [0.05, 0.1) is 22.7 Å². The van der Waals surface area contributed by atoms with E-state index in [1.807, 2.05) is 0 Å². The highest BCUT2D eigenvalue weighted by Crippen LogP contribution is 2.24. The van der Waals surface area contributed by atoms with Gasteiger partial charge in [0.1, 0.15) is 6.54 Å². The monoisotopic (exact) mass is 362 g/mol. The summed E-state index contributed by atoms with van der Waals surface area (Å²) in [5, 5.41) is 13.9. The Bertz CT molecular complexity index is 773. The van der Waals surface area contributed by atoms with Crippen molar-refractivity contribution in [2.45, 2.75) is 6.92 Å². The number of nitrogens with one attached hydrogen (secondary N) is 1. The number of rotatable bonds is 7. The number of carboxylic acid groups (broad SMARTS) is 1. The number of ether oxygens (including phenoxy) is 1. The zero-order valence-electron chi connectivity index (χ0n) is 13.8. The quantitative estimate of drug-likeness (QED) is 0.735. The van der Waals surface area contributed by atoms with Crippen LogP contribution in [0.1, 0.15) is 27.0 Å². The second-order valence-corrected chi connectivity index (χ2v) is 6.08. The zero-order valence-corrected chi connectivity index (χ0v) is 14.6. The Morgan fingerprint density at radius 1 is 1.28 bits per heavy atom. The first kappa shape index (κ1) is 18.5. The number of carbonyl (C=O) groups is 3. The Labute approximate surface area is 148 Å². The number of carboxylic acids is 1. The van der Waals surface area contributed by atoms with Crippen LogP contribution in [0.4, 0.5) is 11.4 Å². The summed E-state index contributed by atoms with van der Waals surface area (Å²) < 4.78 is 4.87. The molecule has 0 fully saturated rings. The standard InChI is InChI=1S/C17H18N2O5S/c1-3-24-15(20)10-19(2)13-7-6-11(9-12(13)17(22)23)18-16(21)14-5-4-8-25-14/h4-9H,3,10H2,1-2H3,(H,18,21)(H,22,23). The van der Waals surface area contributed by atoms with E-state index >= 15 is 0 Å². The summed E-state index contributed by atoms with van der Waals surface area (Å²) in [6, 6.07) is 7.95. The highest BCUT2D eigenvalue weighted by Gasteiger charge is 2.18. The topological polar surface area (TPSA) is 95.9 Å². The average Bonchev–Trinajstić information content (AvgIpc) is 3.09. The number of benzene rings is 1. The molecule has 0 aliphatic rings. The molecule has 2 rings (SSSR count). The molecule has 0 aliphatic carbocycles. The molecule has 0 aliphatic heterocycles. The lowest BCUT2D eigenvalue weighted by Gasteiger charge is -2.20. The molecule has 1 heterocycles. The van der Waals surface area contributed by atoms with Gasteiger partial charge in [-0.05, 0) is 36.6 Å². The summed E-state index contributed by atoms with van der Waals surface area (Å²) in [7, 11) is 1.60. The van der Waals surface area contributed by atoms with E-state index < -0.39 is 11.9 Å². The predicted molar refractivity (Wildman–Crippen MR) is 95.6 cm³/mol. The lowest BCUT2D eigenvalue weighted by molar-refractivity contribution is -0.141. The maximum atomic E-state index is 12.1. The first-order valence-corrected chi connectivity index (χ1v) is 8.39. The van der Waals surface area contributed by atoms with E-state index in [2.05, 4.69) is 5.32 Å². The average molecular weight is 362 g/mol. The molecule has 0 spiro atoms. The van der Waals surface area contributed by atoms with Crippen LogP contribution in [-0.2, 0) is 9.53 Å². The van der Waals surface area contributed by atoms with Gasteiger partial charge in [0.15, 0.2) is 0 Å². The van der Waals surface area contributed by atoms with Crippen molar-refractivity contribution in [2.24, 2.45) is 0 Å². The van der Waals surface area contributed by atoms with E-state index in [1.165, 1.54) is 22.3 Å². The molecule has 25 heavy (non-hydrogen) atoms. The van der Waals surface area contributed by atoms with E-state index in [4.69, 9.17) is 4.74 Å². The largest absolute Gasteiger partial charge is 0.478 e. The molecule has 8 heteroatoms. The number of hydrogen-bond donors (Lipinski definition) is 2. The fourth-order valence-electron chi connectivity index (χ4n) is 2.20. The van der Waals surface area contributed by atoms with Gasteiger partial charge in [-0.1, -0.05) is 6.07 Å². The molecule has 0 bridgehead atoms. The third-order valence-corrected chi connectivity index (χ3v) is 4.18. The molecule has 2 aromatic rings. The summed E-state index contributed by atoms with van der Waals surface area (Å²) >= 11 is 1.29. The molecule has 132 valence electrons. The maximum Gasteiger partial charge on any atom is 0.337 e. The van der Waals surface area contributed by atoms with Crippen molar-refractivity contribution in [1.29, 1.82) is 0 Å². The predicted octanol–water partition coefficient (Wildman–Crippen LogP) is 2.70. The van der Waals surface area contributed by atoms with Gasteiger partial charge >= 0.3 is 11.9 Å². The third kappa shape index (κ3) is 4.80. The van der Waals surface area contributed by atoms with Gasteiger partial charge in [0.25, 0.3) is 5.91 Å². The number of hydrogen-bond acceptors (Lipinski definition) is 6. The van der Waals surface area contributed by atoms with E-state index in [-0.39, 0.29) is 24.6 Å². The van der Waals surface area contributed by atoms with Crippen LogP contribution in [0.15, 0.2) is 35.7 Å². The number of aromatic carboxylic acids is 1. The first-order chi connectivity index (χ1) is 11.9. The SMILES string of the molecule is CCOC(=O)CN(C)c1ccc(NC(=O)c2cccs2)cc1C(=O)O. The molecular formula is C17H18N2O5S. The van der Waals surface area contributed by atoms with Crippen molar-refractivity contribution < 1.29 is 24.2 Å². The van der Waals surface area contributed by atoms with E-state index in [1.54, 1.807) is 43.6 Å².